The Morgan fingerprint density at radius 2 is 1.86 bits per heavy atom. The molecule has 1 fully saturated rings. The molecule has 2 aromatic heterocycles. The number of carbonyl (C=O) groups excluding carboxylic acids is 1. The Hall–Kier alpha value is -3.40. The molecule has 184 valence electrons. The number of halogens is 3. The summed E-state index contributed by atoms with van der Waals surface area (Å²) in [5.74, 6) is -0.246. The largest absolute Gasteiger partial charge is 0.416 e. The molecule has 4 heterocycles. The van der Waals surface area contributed by atoms with Crippen molar-refractivity contribution in [3.63, 3.8) is 0 Å². The average molecular weight is 486 g/mol. The molecule has 0 bridgehead atoms. The number of nitrogens with zero attached hydrogens (tertiary/aromatic N) is 4. The van der Waals surface area contributed by atoms with Gasteiger partial charge in [-0.25, -0.2) is 4.98 Å². The molecule has 5 rings (SSSR count). The second kappa shape index (κ2) is 8.37. The van der Waals surface area contributed by atoms with E-state index < -0.39 is 17.3 Å². The summed E-state index contributed by atoms with van der Waals surface area (Å²) in [6, 6.07) is 8.32. The molecule has 0 radical (unpaired) electrons. The molecule has 0 N–H and O–H groups in total. The van der Waals surface area contributed by atoms with Gasteiger partial charge in [0.25, 0.3) is 11.5 Å². The zero-order valence-electron chi connectivity index (χ0n) is 19.4. The van der Waals surface area contributed by atoms with Gasteiger partial charge in [-0.15, -0.1) is 0 Å². The van der Waals surface area contributed by atoms with Gasteiger partial charge >= 0.3 is 6.18 Å². The zero-order valence-corrected chi connectivity index (χ0v) is 19.4. The predicted octanol–water partition coefficient (Wildman–Crippen LogP) is 4.13. The number of aromatic nitrogens is 3. The second-order valence-electron chi connectivity index (χ2n) is 9.42. The summed E-state index contributed by atoms with van der Waals surface area (Å²) in [7, 11) is 0. The van der Waals surface area contributed by atoms with Gasteiger partial charge in [0.1, 0.15) is 11.4 Å². The normalized spacial score (nSPS) is 22.5. The smallest absolute Gasteiger partial charge is 0.366 e. The van der Waals surface area contributed by atoms with Crippen molar-refractivity contribution in [3.05, 3.63) is 81.8 Å². The van der Waals surface area contributed by atoms with Crippen LogP contribution in [0.2, 0.25) is 0 Å². The minimum absolute atomic E-state index is 0.246. The van der Waals surface area contributed by atoms with E-state index in [1.807, 2.05) is 13.8 Å². The first-order valence-corrected chi connectivity index (χ1v) is 11.4. The van der Waals surface area contributed by atoms with Crippen molar-refractivity contribution in [1.82, 2.24) is 19.0 Å². The number of ether oxygens (including phenoxy) is 1. The van der Waals surface area contributed by atoms with Crippen LogP contribution in [0.3, 0.4) is 0 Å². The van der Waals surface area contributed by atoms with Crippen LogP contribution in [-0.4, -0.2) is 43.6 Å². The van der Waals surface area contributed by atoms with E-state index in [1.54, 1.807) is 34.1 Å². The molecule has 10 heteroatoms. The van der Waals surface area contributed by atoms with E-state index in [0.29, 0.717) is 49.4 Å². The van der Waals surface area contributed by atoms with Gasteiger partial charge < -0.3 is 18.8 Å². The van der Waals surface area contributed by atoms with Gasteiger partial charge in [0.05, 0.1) is 29.3 Å². The molecule has 7 nitrogen and oxygen atoms in total. The highest BCUT2D eigenvalue weighted by molar-refractivity contribution is 5.93. The minimum Gasteiger partial charge on any atom is -0.366 e. The molecule has 1 amide bonds. The van der Waals surface area contributed by atoms with Crippen LogP contribution in [0.5, 0.6) is 0 Å². The molecular formula is C25H25F3N4O3. The lowest BCUT2D eigenvalue weighted by molar-refractivity contribution is -0.137. The summed E-state index contributed by atoms with van der Waals surface area (Å²) in [5.41, 5.74) is 0.642. The van der Waals surface area contributed by atoms with Crippen LogP contribution in [0, 0.1) is 6.92 Å². The highest BCUT2D eigenvalue weighted by Gasteiger charge is 2.40. The standard InChI is InChI=1S/C25H25F3N4O3/c1-16-13-31(15-29-16)19-7-8-20-22(33)30(11-12-32(20)23(19)34)14-24(2)10-9-21(35-24)17-3-5-18(6-4-17)25(26,27)28/h3-8,13,15,21H,9-12,14H2,1-2H3/t21-,24+/m0/s1. The summed E-state index contributed by atoms with van der Waals surface area (Å²) in [6.07, 6.45) is -0.0809. The van der Waals surface area contributed by atoms with Crippen molar-refractivity contribution in [2.45, 2.75) is 51.1 Å². The number of imidazole rings is 1. The molecule has 1 saturated heterocycles. The minimum atomic E-state index is -4.38. The lowest BCUT2D eigenvalue weighted by Crippen LogP contribution is -2.50. The van der Waals surface area contributed by atoms with Gasteiger partial charge in [-0.1, -0.05) is 12.1 Å². The number of rotatable bonds is 4. The zero-order chi connectivity index (χ0) is 25.0. The molecule has 1 aromatic carbocycles. The van der Waals surface area contributed by atoms with E-state index in [-0.39, 0.29) is 17.6 Å². The highest BCUT2D eigenvalue weighted by atomic mass is 19.4. The third-order valence-corrected chi connectivity index (χ3v) is 6.74. The van der Waals surface area contributed by atoms with Gasteiger partial charge in [-0.05, 0) is 56.5 Å². The van der Waals surface area contributed by atoms with Crippen LogP contribution in [0.1, 0.15) is 53.2 Å². The molecule has 2 aliphatic heterocycles. The fraction of sp³-hybridized carbons (Fsp3) is 0.400. The quantitative estimate of drug-likeness (QED) is 0.556. The summed E-state index contributed by atoms with van der Waals surface area (Å²) >= 11 is 0. The number of hydrogen-bond acceptors (Lipinski definition) is 4. The van der Waals surface area contributed by atoms with Crippen LogP contribution in [0.15, 0.2) is 53.7 Å². The van der Waals surface area contributed by atoms with Gasteiger partial charge in [-0.3, -0.25) is 9.59 Å². The summed E-state index contributed by atoms with van der Waals surface area (Å²) in [6.45, 7) is 4.81. The molecular weight excluding hydrogens is 461 g/mol. The maximum Gasteiger partial charge on any atom is 0.416 e. The Balaban J connectivity index is 1.30. The van der Waals surface area contributed by atoms with E-state index in [2.05, 4.69) is 4.98 Å². The van der Waals surface area contributed by atoms with Crippen LogP contribution in [0.4, 0.5) is 13.2 Å². The van der Waals surface area contributed by atoms with Gasteiger partial charge in [-0.2, -0.15) is 13.2 Å². The Bertz CT molecular complexity index is 1330. The van der Waals surface area contributed by atoms with Crippen molar-refractivity contribution in [2.24, 2.45) is 0 Å². The summed E-state index contributed by atoms with van der Waals surface area (Å²) in [5, 5.41) is 0. The van der Waals surface area contributed by atoms with Crippen molar-refractivity contribution in [3.8, 4) is 5.69 Å². The second-order valence-corrected chi connectivity index (χ2v) is 9.42. The maximum absolute atomic E-state index is 13.2. The molecule has 0 saturated carbocycles. The Morgan fingerprint density at radius 1 is 1.11 bits per heavy atom. The van der Waals surface area contributed by atoms with E-state index in [4.69, 9.17) is 4.74 Å². The Kier molecular flexibility index (Phi) is 5.58. The van der Waals surface area contributed by atoms with Crippen molar-refractivity contribution < 1.29 is 22.7 Å². The van der Waals surface area contributed by atoms with E-state index >= 15 is 0 Å². The maximum atomic E-state index is 13.2. The third kappa shape index (κ3) is 4.38. The molecule has 2 atom stereocenters. The monoisotopic (exact) mass is 486 g/mol. The molecule has 2 aliphatic rings. The highest BCUT2D eigenvalue weighted by Crippen LogP contribution is 2.41. The topological polar surface area (TPSA) is 69.4 Å². The van der Waals surface area contributed by atoms with Crippen LogP contribution in [0.25, 0.3) is 5.69 Å². The van der Waals surface area contributed by atoms with Crippen LogP contribution in [-0.2, 0) is 17.5 Å². The SMILES string of the molecule is Cc1cn(-c2ccc3n(c2=O)CCN(C[C@@]2(C)CC[C@@H](c4ccc(C(F)(F)F)cc4)O2)C3=O)cn1. The lowest BCUT2D eigenvalue weighted by Gasteiger charge is -2.36. The average Bonchev–Trinajstić information content (AvgIpc) is 3.41. The lowest BCUT2D eigenvalue weighted by atomic mass is 9.99. The molecule has 0 spiro atoms. The number of benzene rings is 1. The predicted molar refractivity (Wildman–Crippen MR) is 121 cm³/mol. The van der Waals surface area contributed by atoms with Crippen molar-refractivity contribution in [2.75, 3.05) is 13.1 Å². The van der Waals surface area contributed by atoms with Gasteiger partial charge in [0, 0.05) is 25.8 Å². The number of amides is 1. The van der Waals surface area contributed by atoms with E-state index in [0.717, 1.165) is 17.8 Å². The Labute approximate surface area is 199 Å². The Morgan fingerprint density at radius 3 is 2.51 bits per heavy atom. The van der Waals surface area contributed by atoms with Crippen LogP contribution >= 0.6 is 0 Å². The summed E-state index contributed by atoms with van der Waals surface area (Å²) < 4.78 is 48.0. The molecule has 35 heavy (non-hydrogen) atoms. The summed E-state index contributed by atoms with van der Waals surface area (Å²) in [4.78, 5) is 32.1. The third-order valence-electron chi connectivity index (χ3n) is 6.74. The number of aryl methyl sites for hydroxylation is 1. The molecule has 3 aromatic rings. The van der Waals surface area contributed by atoms with E-state index in [1.165, 1.54) is 16.7 Å². The van der Waals surface area contributed by atoms with Gasteiger partial charge in [0.15, 0.2) is 0 Å². The number of carbonyl (C=O) groups is 1. The first kappa shape index (κ1) is 23.3. The molecule has 0 unspecified atom stereocenters. The van der Waals surface area contributed by atoms with Crippen molar-refractivity contribution in [1.29, 1.82) is 0 Å². The van der Waals surface area contributed by atoms with Crippen LogP contribution < -0.4 is 5.56 Å². The van der Waals surface area contributed by atoms with Crippen molar-refractivity contribution >= 4 is 5.91 Å². The fourth-order valence-corrected chi connectivity index (χ4v) is 4.90. The number of pyridine rings is 1. The fourth-order valence-electron chi connectivity index (χ4n) is 4.90. The first-order valence-electron chi connectivity index (χ1n) is 11.4. The van der Waals surface area contributed by atoms with E-state index in [9.17, 15) is 22.8 Å². The number of hydrogen-bond donors (Lipinski definition) is 0. The molecule has 0 aliphatic carbocycles. The first-order chi connectivity index (χ1) is 16.5. The van der Waals surface area contributed by atoms with Gasteiger partial charge in [0.2, 0.25) is 0 Å². The number of alkyl halides is 3. The number of fused-ring (bicyclic) bond motifs is 1.